The van der Waals surface area contributed by atoms with E-state index in [-0.39, 0.29) is 0 Å². The van der Waals surface area contributed by atoms with Gasteiger partial charge >= 0.3 is 5.97 Å². The molecule has 0 aliphatic heterocycles. The van der Waals surface area contributed by atoms with Crippen LogP contribution in [0.25, 0.3) is 22.9 Å². The fourth-order valence-electron chi connectivity index (χ4n) is 2.94. The van der Waals surface area contributed by atoms with Crippen molar-refractivity contribution in [3.05, 3.63) is 99.8 Å². The van der Waals surface area contributed by atoms with E-state index in [1.165, 1.54) is 0 Å². The molecule has 0 fully saturated rings. The van der Waals surface area contributed by atoms with E-state index in [2.05, 4.69) is 4.98 Å². The first kappa shape index (κ1) is 19.2. The molecule has 0 amide bonds. The van der Waals surface area contributed by atoms with Crippen molar-refractivity contribution >= 4 is 52.0 Å². The number of benzene rings is 3. The molecule has 29 heavy (non-hydrogen) atoms. The smallest absolute Gasteiger partial charge is 0.343 e. The lowest BCUT2D eigenvalue weighted by Crippen LogP contribution is -2.05. The number of halogens is 2. The third-order valence-corrected chi connectivity index (χ3v) is 5.00. The molecule has 4 nitrogen and oxygen atoms in total. The third kappa shape index (κ3) is 4.19. The Bertz CT molecular complexity index is 1210. The summed E-state index contributed by atoms with van der Waals surface area (Å²) in [6.07, 6.45) is 1.75. The molecule has 1 aromatic heterocycles. The van der Waals surface area contributed by atoms with Gasteiger partial charge in [-0.2, -0.15) is 0 Å². The highest BCUT2D eigenvalue weighted by Crippen LogP contribution is 2.25. The van der Waals surface area contributed by atoms with Crippen LogP contribution in [0.5, 0.6) is 0 Å². The lowest BCUT2D eigenvalue weighted by molar-refractivity contribution is 0.0693. The quantitative estimate of drug-likeness (QED) is 0.289. The molecule has 0 saturated carbocycles. The summed E-state index contributed by atoms with van der Waals surface area (Å²) in [5.41, 5.74) is 2.96. The largest absolute Gasteiger partial charge is 0.422 e. The second-order valence-corrected chi connectivity index (χ2v) is 7.30. The van der Waals surface area contributed by atoms with E-state index in [0.717, 1.165) is 11.0 Å². The summed E-state index contributed by atoms with van der Waals surface area (Å²) < 4.78 is 7.69. The predicted octanol–water partition coefficient (Wildman–Crippen LogP) is 6.24. The highest BCUT2D eigenvalue weighted by atomic mass is 35.5. The Morgan fingerprint density at radius 1 is 0.897 bits per heavy atom. The van der Waals surface area contributed by atoms with Crippen molar-refractivity contribution in [3.63, 3.8) is 0 Å². The summed E-state index contributed by atoms with van der Waals surface area (Å²) in [5.74, 6) is 0.557. The fraction of sp³-hybridized carbons (Fsp3) is 0.0435. The number of imidazole rings is 1. The van der Waals surface area contributed by atoms with Gasteiger partial charge in [0.15, 0.2) is 0 Å². The zero-order valence-corrected chi connectivity index (χ0v) is 17.0. The first-order chi connectivity index (χ1) is 14.0. The Kier molecular flexibility index (Phi) is 5.38. The van der Waals surface area contributed by atoms with E-state index in [1.54, 1.807) is 54.6 Å². The number of nitrogens with zero attached hydrogens (tertiary/aromatic N) is 2. The number of rotatable bonds is 4. The van der Waals surface area contributed by atoms with Crippen molar-refractivity contribution in [3.8, 4) is 0 Å². The van der Waals surface area contributed by atoms with Crippen LogP contribution in [0.3, 0.4) is 0 Å². The van der Waals surface area contributed by atoms with Crippen LogP contribution in [0, 0.1) is 0 Å². The van der Waals surface area contributed by atoms with Gasteiger partial charge in [-0.05, 0) is 60.7 Å². The summed E-state index contributed by atoms with van der Waals surface area (Å²) in [6.45, 7) is 0. The molecule has 144 valence electrons. The lowest BCUT2D eigenvalue weighted by atomic mass is 10.1. The summed E-state index contributed by atoms with van der Waals surface area (Å²) in [7, 11) is 1.92. The van der Waals surface area contributed by atoms with Gasteiger partial charge in [-0.3, -0.25) is 0 Å². The zero-order chi connectivity index (χ0) is 20.4. The molecule has 0 N–H and O–H groups in total. The van der Waals surface area contributed by atoms with E-state index >= 15 is 0 Å². The van der Waals surface area contributed by atoms with Crippen molar-refractivity contribution in [2.75, 3.05) is 0 Å². The molecule has 0 spiro atoms. The van der Waals surface area contributed by atoms with Crippen molar-refractivity contribution in [2.24, 2.45) is 7.05 Å². The molecule has 4 aromatic rings. The van der Waals surface area contributed by atoms with Gasteiger partial charge in [0.1, 0.15) is 11.6 Å². The van der Waals surface area contributed by atoms with E-state index in [9.17, 15) is 4.79 Å². The van der Waals surface area contributed by atoms with Crippen LogP contribution < -0.4 is 0 Å². The standard InChI is InChI=1S/C23H16Cl2N2O2/c1-27-20-5-3-2-4-19(20)26-22(27)14-21(15-6-10-17(24)11-7-15)29-23(28)16-8-12-18(25)13-9-16/h2-14H,1H3/b21-14+. The number of hydrogen-bond donors (Lipinski definition) is 0. The maximum absolute atomic E-state index is 12.7. The Labute approximate surface area is 178 Å². The summed E-state index contributed by atoms with van der Waals surface area (Å²) in [6, 6.07) is 21.4. The molecule has 0 radical (unpaired) electrons. The van der Waals surface area contributed by atoms with Crippen molar-refractivity contribution in [2.45, 2.75) is 0 Å². The number of ether oxygens (including phenoxy) is 1. The number of aryl methyl sites for hydroxylation is 1. The number of carbonyl (C=O) groups excluding carboxylic acids is 1. The van der Waals surface area contributed by atoms with Gasteiger partial charge in [0.05, 0.1) is 16.6 Å². The number of esters is 1. The van der Waals surface area contributed by atoms with Crippen molar-refractivity contribution < 1.29 is 9.53 Å². The topological polar surface area (TPSA) is 44.1 Å². The second kappa shape index (κ2) is 8.11. The average Bonchev–Trinajstić information content (AvgIpc) is 3.04. The number of fused-ring (bicyclic) bond motifs is 1. The highest BCUT2D eigenvalue weighted by molar-refractivity contribution is 6.31. The Hall–Kier alpha value is -3.08. The molecule has 0 bridgehead atoms. The highest BCUT2D eigenvalue weighted by Gasteiger charge is 2.15. The summed E-state index contributed by atoms with van der Waals surface area (Å²) in [5, 5.41) is 1.15. The van der Waals surface area contributed by atoms with Gasteiger partial charge in [0.2, 0.25) is 0 Å². The van der Waals surface area contributed by atoms with Crippen LogP contribution in [-0.4, -0.2) is 15.5 Å². The minimum absolute atomic E-state index is 0.375. The van der Waals surface area contributed by atoms with E-state index in [4.69, 9.17) is 27.9 Å². The number of hydrogen-bond acceptors (Lipinski definition) is 3. The average molecular weight is 423 g/mol. The molecule has 0 unspecified atom stereocenters. The SMILES string of the molecule is Cn1c(/C=C(/OC(=O)c2ccc(Cl)cc2)c2ccc(Cl)cc2)nc2ccccc21. The molecule has 4 rings (SSSR count). The zero-order valence-electron chi connectivity index (χ0n) is 15.5. The fourth-order valence-corrected chi connectivity index (χ4v) is 3.19. The Morgan fingerprint density at radius 3 is 2.10 bits per heavy atom. The first-order valence-corrected chi connectivity index (χ1v) is 9.64. The maximum atomic E-state index is 12.7. The van der Waals surface area contributed by atoms with Crippen LogP contribution in [0.2, 0.25) is 10.0 Å². The van der Waals surface area contributed by atoms with Gasteiger partial charge in [0, 0.05) is 28.7 Å². The number of carbonyl (C=O) groups is 1. The summed E-state index contributed by atoms with van der Waals surface area (Å²) in [4.78, 5) is 17.3. The van der Waals surface area contributed by atoms with E-state index in [0.29, 0.717) is 32.8 Å². The molecule has 0 aliphatic rings. The molecular formula is C23H16Cl2N2O2. The van der Waals surface area contributed by atoms with Crippen LogP contribution in [0.15, 0.2) is 72.8 Å². The van der Waals surface area contributed by atoms with Crippen LogP contribution >= 0.6 is 23.2 Å². The third-order valence-electron chi connectivity index (χ3n) is 4.49. The second-order valence-electron chi connectivity index (χ2n) is 6.43. The predicted molar refractivity (Wildman–Crippen MR) is 117 cm³/mol. The van der Waals surface area contributed by atoms with E-state index < -0.39 is 5.97 Å². The van der Waals surface area contributed by atoms with Crippen molar-refractivity contribution in [1.82, 2.24) is 9.55 Å². The van der Waals surface area contributed by atoms with Gasteiger partial charge in [-0.1, -0.05) is 35.3 Å². The number of para-hydroxylation sites is 2. The Balaban J connectivity index is 1.76. The van der Waals surface area contributed by atoms with Gasteiger partial charge in [-0.25, -0.2) is 9.78 Å². The summed E-state index contributed by atoms with van der Waals surface area (Å²) >= 11 is 11.9. The number of aromatic nitrogens is 2. The molecule has 0 aliphatic carbocycles. The molecule has 0 saturated heterocycles. The lowest BCUT2D eigenvalue weighted by Gasteiger charge is -2.10. The maximum Gasteiger partial charge on any atom is 0.343 e. The normalized spacial score (nSPS) is 11.6. The minimum atomic E-state index is -0.485. The molecular weight excluding hydrogens is 407 g/mol. The van der Waals surface area contributed by atoms with Crippen LogP contribution in [0.4, 0.5) is 0 Å². The van der Waals surface area contributed by atoms with Gasteiger partial charge in [0.25, 0.3) is 0 Å². The monoisotopic (exact) mass is 422 g/mol. The molecule has 3 aromatic carbocycles. The minimum Gasteiger partial charge on any atom is -0.422 e. The van der Waals surface area contributed by atoms with E-state index in [1.807, 2.05) is 35.9 Å². The van der Waals surface area contributed by atoms with Crippen LogP contribution in [0.1, 0.15) is 21.7 Å². The van der Waals surface area contributed by atoms with Gasteiger partial charge < -0.3 is 9.30 Å². The van der Waals surface area contributed by atoms with Gasteiger partial charge in [-0.15, -0.1) is 0 Å². The first-order valence-electron chi connectivity index (χ1n) is 8.88. The Morgan fingerprint density at radius 2 is 1.48 bits per heavy atom. The molecule has 6 heteroatoms. The molecule has 0 atom stereocenters. The van der Waals surface area contributed by atoms with Crippen LogP contribution in [-0.2, 0) is 11.8 Å². The van der Waals surface area contributed by atoms with Crippen molar-refractivity contribution in [1.29, 1.82) is 0 Å². The molecule has 1 heterocycles.